The Morgan fingerprint density at radius 1 is 1.26 bits per heavy atom. The second kappa shape index (κ2) is 7.92. The van der Waals surface area contributed by atoms with Crippen molar-refractivity contribution in [2.45, 2.75) is 17.9 Å². The molecule has 1 rings (SSSR count). The Balaban J connectivity index is 2.47. The molecule has 7 heteroatoms. The van der Waals surface area contributed by atoms with Gasteiger partial charge in [0.15, 0.2) is 10.8 Å². The van der Waals surface area contributed by atoms with Crippen LogP contribution in [0.1, 0.15) is 12.0 Å². The standard InChI is InChI=1S/C12H16BrO5P/c1-16-19(15,17-2)18-12(13)11(14)9-8-10-6-4-3-5-7-10/h3-7,12H,8-9H2,1-2H3. The molecule has 0 saturated heterocycles. The van der Waals surface area contributed by atoms with E-state index in [1.54, 1.807) is 0 Å². The molecule has 0 radical (unpaired) electrons. The maximum atomic E-state index is 11.8. The minimum Gasteiger partial charge on any atom is -0.296 e. The molecule has 106 valence electrons. The van der Waals surface area contributed by atoms with Gasteiger partial charge < -0.3 is 0 Å². The van der Waals surface area contributed by atoms with Gasteiger partial charge in [-0.05, 0) is 27.9 Å². The summed E-state index contributed by atoms with van der Waals surface area (Å²) in [5.74, 6) is -0.224. The Bertz CT molecular complexity index is 443. The highest BCUT2D eigenvalue weighted by molar-refractivity contribution is 9.09. The zero-order chi connectivity index (χ0) is 14.3. The lowest BCUT2D eigenvalue weighted by Crippen LogP contribution is -2.17. The van der Waals surface area contributed by atoms with Gasteiger partial charge in [-0.3, -0.25) is 18.4 Å². The molecule has 0 N–H and O–H groups in total. The lowest BCUT2D eigenvalue weighted by atomic mass is 10.1. The normalized spacial score (nSPS) is 13.2. The first-order chi connectivity index (χ1) is 9.00. The van der Waals surface area contributed by atoms with Crippen LogP contribution in [0.4, 0.5) is 0 Å². The highest BCUT2D eigenvalue weighted by atomic mass is 79.9. The topological polar surface area (TPSA) is 61.8 Å². The number of aryl methyl sites for hydroxylation is 1. The van der Waals surface area contributed by atoms with E-state index < -0.39 is 12.8 Å². The van der Waals surface area contributed by atoms with E-state index in [0.29, 0.717) is 6.42 Å². The summed E-state index contributed by atoms with van der Waals surface area (Å²) >= 11 is 3.03. The second-order valence-corrected chi connectivity index (χ2v) is 6.35. The Kier molecular flexibility index (Phi) is 6.89. The number of hydrogen-bond acceptors (Lipinski definition) is 5. The van der Waals surface area contributed by atoms with Crippen LogP contribution in [0.25, 0.3) is 0 Å². The van der Waals surface area contributed by atoms with Gasteiger partial charge in [0.2, 0.25) is 0 Å². The lowest BCUT2D eigenvalue weighted by Gasteiger charge is -2.16. The van der Waals surface area contributed by atoms with Crippen LogP contribution in [-0.4, -0.2) is 25.0 Å². The number of alkyl halides is 1. The molecule has 5 nitrogen and oxygen atoms in total. The predicted molar refractivity (Wildman–Crippen MR) is 75.2 cm³/mol. The summed E-state index contributed by atoms with van der Waals surface area (Å²) in [4.78, 5) is 11.8. The van der Waals surface area contributed by atoms with E-state index in [4.69, 9.17) is 4.52 Å². The van der Waals surface area contributed by atoms with Gasteiger partial charge in [0, 0.05) is 20.6 Å². The number of hydrogen-bond donors (Lipinski definition) is 0. The lowest BCUT2D eigenvalue weighted by molar-refractivity contribution is -0.122. The second-order valence-electron chi connectivity index (χ2n) is 3.69. The molecular formula is C12H16BrO5P. The molecule has 1 aromatic rings. The van der Waals surface area contributed by atoms with Gasteiger partial charge in [0.05, 0.1) is 0 Å². The van der Waals surface area contributed by atoms with Crippen LogP contribution in [0.15, 0.2) is 30.3 Å². The number of benzene rings is 1. The summed E-state index contributed by atoms with van der Waals surface area (Å²) in [6.45, 7) is 0. The zero-order valence-electron chi connectivity index (χ0n) is 10.7. The van der Waals surface area contributed by atoms with Crippen LogP contribution in [-0.2, 0) is 29.4 Å². The average Bonchev–Trinajstić information content (AvgIpc) is 2.45. The molecule has 0 fully saturated rings. The summed E-state index contributed by atoms with van der Waals surface area (Å²) in [6.07, 6.45) is 0.864. The molecule has 0 bridgehead atoms. The van der Waals surface area contributed by atoms with Crippen molar-refractivity contribution in [2.24, 2.45) is 0 Å². The Hall–Kier alpha value is -0.520. The summed E-state index contributed by atoms with van der Waals surface area (Å²) in [6, 6.07) is 9.60. The summed E-state index contributed by atoms with van der Waals surface area (Å²) in [5, 5.41) is -1.01. The first-order valence-electron chi connectivity index (χ1n) is 5.61. The van der Waals surface area contributed by atoms with Crippen molar-refractivity contribution in [2.75, 3.05) is 14.2 Å². The van der Waals surface area contributed by atoms with Crippen molar-refractivity contribution < 1.29 is 22.9 Å². The van der Waals surface area contributed by atoms with Crippen molar-refractivity contribution in [1.82, 2.24) is 0 Å². The molecule has 1 unspecified atom stereocenters. The van der Waals surface area contributed by atoms with Gasteiger partial charge in [-0.25, -0.2) is 4.57 Å². The minimum absolute atomic E-state index is 0.224. The van der Waals surface area contributed by atoms with Gasteiger partial charge in [0.1, 0.15) is 0 Å². The van der Waals surface area contributed by atoms with Crippen LogP contribution in [0.3, 0.4) is 0 Å². The quantitative estimate of drug-likeness (QED) is 0.531. The zero-order valence-corrected chi connectivity index (χ0v) is 13.2. The Labute approximate surface area is 121 Å². The largest absolute Gasteiger partial charge is 0.475 e. The van der Waals surface area contributed by atoms with Gasteiger partial charge in [0.25, 0.3) is 0 Å². The number of carbonyl (C=O) groups excluding carboxylic acids is 1. The van der Waals surface area contributed by atoms with Crippen molar-refractivity contribution in [3.63, 3.8) is 0 Å². The number of halogens is 1. The monoisotopic (exact) mass is 350 g/mol. The number of ketones is 1. The number of phosphoric acid groups is 1. The van der Waals surface area contributed by atoms with E-state index in [1.165, 1.54) is 14.2 Å². The smallest absolute Gasteiger partial charge is 0.296 e. The Morgan fingerprint density at radius 3 is 2.37 bits per heavy atom. The third kappa shape index (κ3) is 5.55. The highest BCUT2D eigenvalue weighted by Gasteiger charge is 2.30. The Morgan fingerprint density at radius 2 is 1.84 bits per heavy atom. The molecule has 1 aromatic carbocycles. The minimum atomic E-state index is -3.65. The molecule has 0 aliphatic rings. The van der Waals surface area contributed by atoms with Crippen LogP contribution in [0, 0.1) is 0 Å². The average molecular weight is 351 g/mol. The summed E-state index contributed by atoms with van der Waals surface area (Å²) in [7, 11) is -1.27. The maximum Gasteiger partial charge on any atom is 0.475 e. The molecule has 19 heavy (non-hydrogen) atoms. The van der Waals surface area contributed by atoms with E-state index in [-0.39, 0.29) is 12.2 Å². The van der Waals surface area contributed by atoms with Crippen molar-refractivity contribution in [3.05, 3.63) is 35.9 Å². The molecule has 0 heterocycles. The molecule has 0 aliphatic heterocycles. The van der Waals surface area contributed by atoms with Crippen LogP contribution < -0.4 is 0 Å². The number of phosphoric ester groups is 1. The van der Waals surface area contributed by atoms with E-state index in [2.05, 4.69) is 25.0 Å². The van der Waals surface area contributed by atoms with Crippen LogP contribution in [0.2, 0.25) is 0 Å². The number of Topliss-reactive ketones (excluding diaryl/α,β-unsaturated/α-hetero) is 1. The third-order valence-electron chi connectivity index (χ3n) is 2.42. The van der Waals surface area contributed by atoms with Crippen molar-refractivity contribution >= 4 is 29.5 Å². The highest BCUT2D eigenvalue weighted by Crippen LogP contribution is 2.49. The van der Waals surface area contributed by atoms with E-state index >= 15 is 0 Å². The number of carbonyl (C=O) groups is 1. The molecule has 0 aromatic heterocycles. The van der Waals surface area contributed by atoms with Crippen LogP contribution >= 0.6 is 23.8 Å². The SMILES string of the molecule is COP(=O)(OC)OC(Br)C(=O)CCc1ccccc1. The first kappa shape index (κ1) is 16.5. The van der Waals surface area contributed by atoms with Gasteiger partial charge in [-0.2, -0.15) is 0 Å². The molecular weight excluding hydrogens is 335 g/mol. The predicted octanol–water partition coefficient (Wildman–Crippen LogP) is 3.33. The fraction of sp³-hybridized carbons (Fsp3) is 0.417. The fourth-order valence-electron chi connectivity index (χ4n) is 1.36. The van der Waals surface area contributed by atoms with E-state index in [9.17, 15) is 9.36 Å². The molecule has 0 amide bonds. The van der Waals surface area contributed by atoms with E-state index in [1.807, 2.05) is 30.3 Å². The molecule has 0 saturated carbocycles. The van der Waals surface area contributed by atoms with Gasteiger partial charge in [-0.1, -0.05) is 30.3 Å². The van der Waals surface area contributed by atoms with Crippen molar-refractivity contribution in [3.8, 4) is 0 Å². The summed E-state index contributed by atoms with van der Waals surface area (Å²) < 4.78 is 25.9. The van der Waals surface area contributed by atoms with Crippen molar-refractivity contribution in [1.29, 1.82) is 0 Å². The molecule has 1 atom stereocenters. The fourth-order valence-corrected chi connectivity index (χ4v) is 2.87. The first-order valence-corrected chi connectivity index (χ1v) is 7.99. The summed E-state index contributed by atoms with van der Waals surface area (Å²) in [5.41, 5.74) is 1.05. The molecule has 0 spiro atoms. The van der Waals surface area contributed by atoms with Crippen LogP contribution in [0.5, 0.6) is 0 Å². The molecule has 0 aliphatic carbocycles. The van der Waals surface area contributed by atoms with Gasteiger partial charge >= 0.3 is 7.82 Å². The van der Waals surface area contributed by atoms with Gasteiger partial charge in [-0.15, -0.1) is 0 Å². The van der Waals surface area contributed by atoms with E-state index in [0.717, 1.165) is 5.56 Å². The maximum absolute atomic E-state index is 11.8. The number of rotatable bonds is 8. The third-order valence-corrected chi connectivity index (χ3v) is 4.77.